The van der Waals surface area contributed by atoms with Crippen LogP contribution in [0.25, 0.3) is 0 Å². The minimum Gasteiger partial charge on any atom is -0.497 e. The van der Waals surface area contributed by atoms with Crippen LogP contribution in [0.3, 0.4) is 0 Å². The molecular weight excluding hydrogens is 236 g/mol. The highest BCUT2D eigenvalue weighted by Crippen LogP contribution is 2.28. The predicted molar refractivity (Wildman–Crippen MR) is 75.8 cm³/mol. The molecule has 3 heteroatoms. The fourth-order valence-corrected chi connectivity index (χ4v) is 2.93. The van der Waals surface area contributed by atoms with E-state index in [1.54, 1.807) is 7.11 Å². The van der Waals surface area contributed by atoms with Gasteiger partial charge in [0.15, 0.2) is 0 Å². The lowest BCUT2D eigenvalue weighted by molar-refractivity contribution is 0.150. The zero-order valence-corrected chi connectivity index (χ0v) is 11.8. The molecule has 19 heavy (non-hydrogen) atoms. The largest absolute Gasteiger partial charge is 0.497 e. The lowest BCUT2D eigenvalue weighted by Crippen LogP contribution is -2.39. The monoisotopic (exact) mass is 258 g/mol. The summed E-state index contributed by atoms with van der Waals surface area (Å²) in [5, 5.41) is 9.25. The maximum atomic E-state index is 9.25. The third-order valence-corrected chi connectivity index (χ3v) is 4.05. The quantitative estimate of drug-likeness (QED) is 0.832. The predicted octanol–water partition coefficient (Wildman–Crippen LogP) is 3.21. The summed E-state index contributed by atoms with van der Waals surface area (Å²) in [7, 11) is 3.81. The van der Waals surface area contributed by atoms with Crippen LogP contribution < -0.4 is 4.74 Å². The molecule has 0 bridgehead atoms. The molecule has 3 nitrogen and oxygen atoms in total. The Kier molecular flexibility index (Phi) is 4.81. The van der Waals surface area contributed by atoms with Crippen molar-refractivity contribution < 1.29 is 4.74 Å². The molecule has 1 aliphatic rings. The highest BCUT2D eigenvalue weighted by molar-refractivity contribution is 5.27. The Bertz CT molecular complexity index is 435. The van der Waals surface area contributed by atoms with Crippen molar-refractivity contribution in [1.82, 2.24) is 4.90 Å². The first-order chi connectivity index (χ1) is 9.24. The molecule has 0 aliphatic heterocycles. The van der Waals surface area contributed by atoms with Crippen molar-refractivity contribution in [3.8, 4) is 11.8 Å². The number of rotatable bonds is 4. The van der Waals surface area contributed by atoms with E-state index in [-0.39, 0.29) is 5.92 Å². The summed E-state index contributed by atoms with van der Waals surface area (Å²) >= 11 is 0. The molecule has 2 unspecified atom stereocenters. The van der Waals surface area contributed by atoms with Crippen LogP contribution in [0, 0.1) is 17.2 Å². The molecule has 0 radical (unpaired) electrons. The molecule has 1 saturated carbocycles. The van der Waals surface area contributed by atoms with Crippen LogP contribution in [0.4, 0.5) is 0 Å². The van der Waals surface area contributed by atoms with Gasteiger partial charge in [-0.05, 0) is 37.6 Å². The van der Waals surface area contributed by atoms with E-state index >= 15 is 0 Å². The second-order valence-corrected chi connectivity index (χ2v) is 5.35. The number of methoxy groups -OCH3 is 1. The first kappa shape index (κ1) is 13.9. The fraction of sp³-hybridized carbons (Fsp3) is 0.562. The molecular formula is C16H22N2O. The van der Waals surface area contributed by atoms with Gasteiger partial charge in [-0.2, -0.15) is 5.26 Å². The van der Waals surface area contributed by atoms with E-state index in [0.29, 0.717) is 6.04 Å². The normalized spacial score (nSPS) is 23.1. The number of hydrogen-bond acceptors (Lipinski definition) is 3. The topological polar surface area (TPSA) is 36.3 Å². The minimum absolute atomic E-state index is 0.192. The summed E-state index contributed by atoms with van der Waals surface area (Å²) in [6, 6.07) is 11.1. The molecule has 102 valence electrons. The van der Waals surface area contributed by atoms with Gasteiger partial charge in [0.25, 0.3) is 0 Å². The molecule has 0 heterocycles. The third kappa shape index (κ3) is 3.48. The van der Waals surface area contributed by atoms with Crippen molar-refractivity contribution in [1.29, 1.82) is 5.26 Å². The number of nitriles is 1. The highest BCUT2D eigenvalue weighted by Gasteiger charge is 2.28. The molecule has 0 N–H and O–H groups in total. The van der Waals surface area contributed by atoms with Crippen LogP contribution in [0.2, 0.25) is 0 Å². The summed E-state index contributed by atoms with van der Waals surface area (Å²) in [6.45, 7) is 0.896. The van der Waals surface area contributed by atoms with Crippen LogP contribution in [-0.2, 0) is 6.54 Å². The number of nitrogens with zero attached hydrogens (tertiary/aromatic N) is 2. The molecule has 1 fully saturated rings. The summed E-state index contributed by atoms with van der Waals surface area (Å²) in [4.78, 5) is 2.33. The van der Waals surface area contributed by atoms with E-state index in [0.717, 1.165) is 25.1 Å². The van der Waals surface area contributed by atoms with Gasteiger partial charge in [-0.3, -0.25) is 4.90 Å². The second kappa shape index (κ2) is 6.58. The Hall–Kier alpha value is -1.53. The Labute approximate surface area is 115 Å². The van der Waals surface area contributed by atoms with Crippen LogP contribution in [0.5, 0.6) is 5.75 Å². The van der Waals surface area contributed by atoms with Gasteiger partial charge >= 0.3 is 0 Å². The molecule has 0 saturated heterocycles. The average Bonchev–Trinajstić information content (AvgIpc) is 2.48. The number of ether oxygens (including phenoxy) is 1. The van der Waals surface area contributed by atoms with E-state index in [1.165, 1.54) is 18.4 Å². The molecule has 0 amide bonds. The van der Waals surface area contributed by atoms with Crippen LogP contribution in [0.1, 0.15) is 31.2 Å². The molecule has 1 aliphatic carbocycles. The van der Waals surface area contributed by atoms with Crippen LogP contribution in [-0.4, -0.2) is 25.1 Å². The fourth-order valence-electron chi connectivity index (χ4n) is 2.93. The second-order valence-electron chi connectivity index (χ2n) is 5.35. The molecule has 1 aromatic carbocycles. The summed E-state index contributed by atoms with van der Waals surface area (Å²) in [5.74, 6) is 1.08. The van der Waals surface area contributed by atoms with E-state index < -0.39 is 0 Å². The molecule has 0 aromatic heterocycles. The SMILES string of the molecule is COc1ccc(CN(C)C2CCCCC2C#N)cc1. The van der Waals surface area contributed by atoms with Crippen LogP contribution in [0.15, 0.2) is 24.3 Å². The smallest absolute Gasteiger partial charge is 0.118 e. The Morgan fingerprint density at radius 1 is 1.26 bits per heavy atom. The zero-order chi connectivity index (χ0) is 13.7. The summed E-state index contributed by atoms with van der Waals surface area (Å²) < 4.78 is 5.17. The number of benzene rings is 1. The van der Waals surface area contributed by atoms with Crippen molar-refractivity contribution in [3.63, 3.8) is 0 Å². The van der Waals surface area contributed by atoms with Gasteiger partial charge in [-0.1, -0.05) is 25.0 Å². The van der Waals surface area contributed by atoms with Crippen molar-refractivity contribution in [2.75, 3.05) is 14.2 Å². The first-order valence-corrected chi connectivity index (χ1v) is 6.97. The van der Waals surface area contributed by atoms with Gasteiger partial charge in [0.2, 0.25) is 0 Å². The van der Waals surface area contributed by atoms with E-state index in [1.807, 2.05) is 12.1 Å². The van der Waals surface area contributed by atoms with Gasteiger partial charge < -0.3 is 4.74 Å². The lowest BCUT2D eigenvalue weighted by atomic mass is 9.84. The highest BCUT2D eigenvalue weighted by atomic mass is 16.5. The van der Waals surface area contributed by atoms with Crippen molar-refractivity contribution in [3.05, 3.63) is 29.8 Å². The Morgan fingerprint density at radius 3 is 2.58 bits per heavy atom. The van der Waals surface area contributed by atoms with Gasteiger partial charge in [-0.25, -0.2) is 0 Å². The minimum atomic E-state index is 0.192. The zero-order valence-electron chi connectivity index (χ0n) is 11.8. The first-order valence-electron chi connectivity index (χ1n) is 6.97. The van der Waals surface area contributed by atoms with Crippen molar-refractivity contribution in [2.24, 2.45) is 5.92 Å². The van der Waals surface area contributed by atoms with Gasteiger partial charge in [0.1, 0.15) is 5.75 Å². The third-order valence-electron chi connectivity index (χ3n) is 4.05. The maximum absolute atomic E-state index is 9.25. The van der Waals surface area contributed by atoms with E-state index in [4.69, 9.17) is 4.74 Å². The molecule has 1 aromatic rings. The maximum Gasteiger partial charge on any atom is 0.118 e. The van der Waals surface area contributed by atoms with Gasteiger partial charge in [-0.15, -0.1) is 0 Å². The van der Waals surface area contributed by atoms with Crippen molar-refractivity contribution >= 4 is 0 Å². The van der Waals surface area contributed by atoms with E-state index in [9.17, 15) is 5.26 Å². The standard InChI is InChI=1S/C16H22N2O/c1-18(16-6-4-3-5-14(16)11-17)12-13-7-9-15(19-2)10-8-13/h7-10,14,16H,3-6,12H2,1-2H3. The number of hydrogen-bond donors (Lipinski definition) is 0. The van der Waals surface area contributed by atoms with Gasteiger partial charge in [0, 0.05) is 12.6 Å². The lowest BCUT2D eigenvalue weighted by Gasteiger charge is -2.34. The van der Waals surface area contributed by atoms with Gasteiger partial charge in [0.05, 0.1) is 19.1 Å². The molecule has 2 rings (SSSR count). The Morgan fingerprint density at radius 2 is 1.95 bits per heavy atom. The Balaban J connectivity index is 1.99. The van der Waals surface area contributed by atoms with Crippen molar-refractivity contribution in [2.45, 2.75) is 38.3 Å². The summed E-state index contributed by atoms with van der Waals surface area (Å²) in [6.07, 6.45) is 4.64. The average molecular weight is 258 g/mol. The molecule has 0 spiro atoms. The summed E-state index contributed by atoms with van der Waals surface area (Å²) in [5.41, 5.74) is 1.27. The van der Waals surface area contributed by atoms with Crippen LogP contribution >= 0.6 is 0 Å². The molecule has 2 atom stereocenters. The van der Waals surface area contributed by atoms with E-state index in [2.05, 4.69) is 30.1 Å².